The second-order valence-corrected chi connectivity index (χ2v) is 6.87. The average molecular weight is 313 g/mol. The van der Waals surface area contributed by atoms with E-state index in [4.69, 9.17) is 18.0 Å². The van der Waals surface area contributed by atoms with Gasteiger partial charge in [-0.3, -0.25) is 4.79 Å². The summed E-state index contributed by atoms with van der Waals surface area (Å²) < 4.78 is 0. The van der Waals surface area contributed by atoms with E-state index < -0.39 is 5.54 Å². The quantitative estimate of drug-likeness (QED) is 0.469. The number of carbonyl (C=O) groups excluding carboxylic acids is 1. The van der Waals surface area contributed by atoms with Crippen molar-refractivity contribution in [3.05, 3.63) is 0 Å². The van der Waals surface area contributed by atoms with E-state index >= 15 is 0 Å². The molecule has 3 nitrogen and oxygen atoms in total. The normalized spacial score (nSPS) is 17.4. The van der Waals surface area contributed by atoms with E-state index in [0.29, 0.717) is 11.4 Å². The van der Waals surface area contributed by atoms with Crippen molar-refractivity contribution >= 4 is 23.1 Å². The Kier molecular flexibility index (Phi) is 8.90. The Balaban J connectivity index is 2.21. The Morgan fingerprint density at radius 1 is 1.05 bits per heavy atom. The van der Waals surface area contributed by atoms with Gasteiger partial charge in [0.25, 0.3) is 0 Å². The fourth-order valence-electron chi connectivity index (χ4n) is 3.16. The minimum absolute atomic E-state index is 0.123. The maximum atomic E-state index is 12.1. The van der Waals surface area contributed by atoms with Gasteiger partial charge in [0.2, 0.25) is 5.91 Å². The van der Waals surface area contributed by atoms with Gasteiger partial charge in [0.1, 0.15) is 0 Å². The molecule has 0 aromatic carbocycles. The molecule has 1 amide bonds. The second-order valence-electron chi connectivity index (χ2n) is 6.43. The predicted molar refractivity (Wildman–Crippen MR) is 93.4 cm³/mol. The van der Waals surface area contributed by atoms with Gasteiger partial charge in [0.15, 0.2) is 0 Å². The van der Waals surface area contributed by atoms with Crippen molar-refractivity contribution in [3.8, 4) is 0 Å². The number of carbonyl (C=O) groups is 1. The summed E-state index contributed by atoms with van der Waals surface area (Å²) in [5, 5.41) is 3.14. The van der Waals surface area contributed by atoms with Gasteiger partial charge in [-0.1, -0.05) is 76.9 Å². The fourth-order valence-corrected chi connectivity index (χ4v) is 3.42. The molecular formula is C17H32N2OS. The Morgan fingerprint density at radius 3 is 2.19 bits per heavy atom. The van der Waals surface area contributed by atoms with Gasteiger partial charge in [0.05, 0.1) is 10.5 Å². The number of hydrogen-bond donors (Lipinski definition) is 2. The Bertz CT molecular complexity index is 325. The Morgan fingerprint density at radius 2 is 1.62 bits per heavy atom. The minimum Gasteiger partial charge on any atom is -0.391 e. The third kappa shape index (κ3) is 6.77. The van der Waals surface area contributed by atoms with Crippen LogP contribution in [-0.4, -0.2) is 16.4 Å². The molecule has 0 heterocycles. The number of nitrogens with one attached hydrogen (secondary N) is 1. The van der Waals surface area contributed by atoms with E-state index in [1.54, 1.807) is 0 Å². The average Bonchev–Trinajstić information content (AvgIpc) is 2.47. The van der Waals surface area contributed by atoms with Crippen molar-refractivity contribution in [3.63, 3.8) is 0 Å². The zero-order chi connectivity index (χ0) is 15.6. The molecule has 1 aliphatic rings. The van der Waals surface area contributed by atoms with E-state index in [2.05, 4.69) is 12.2 Å². The van der Waals surface area contributed by atoms with Crippen LogP contribution in [0.25, 0.3) is 0 Å². The molecule has 0 aliphatic heterocycles. The van der Waals surface area contributed by atoms with Gasteiger partial charge < -0.3 is 11.1 Å². The molecule has 0 bridgehead atoms. The van der Waals surface area contributed by atoms with E-state index in [1.165, 1.54) is 38.5 Å². The minimum atomic E-state index is -0.397. The van der Waals surface area contributed by atoms with Crippen LogP contribution in [0.1, 0.15) is 90.4 Å². The van der Waals surface area contributed by atoms with Crippen molar-refractivity contribution in [2.24, 2.45) is 5.73 Å². The van der Waals surface area contributed by atoms with Gasteiger partial charge in [0, 0.05) is 6.42 Å². The first-order chi connectivity index (χ1) is 10.1. The zero-order valence-electron chi connectivity index (χ0n) is 13.6. The van der Waals surface area contributed by atoms with Crippen molar-refractivity contribution < 1.29 is 4.79 Å². The molecule has 0 atom stereocenters. The van der Waals surface area contributed by atoms with Crippen LogP contribution in [0, 0.1) is 0 Å². The summed E-state index contributed by atoms with van der Waals surface area (Å²) >= 11 is 5.20. The first-order valence-corrected chi connectivity index (χ1v) is 9.12. The predicted octanol–water partition coefficient (Wildman–Crippen LogP) is 4.23. The summed E-state index contributed by atoms with van der Waals surface area (Å²) in [7, 11) is 0. The third-order valence-electron chi connectivity index (χ3n) is 4.56. The summed E-state index contributed by atoms with van der Waals surface area (Å²) in [5.74, 6) is 0.123. The highest BCUT2D eigenvalue weighted by Gasteiger charge is 2.36. The summed E-state index contributed by atoms with van der Waals surface area (Å²) in [6, 6.07) is 0. The highest BCUT2D eigenvalue weighted by molar-refractivity contribution is 7.80. The monoisotopic (exact) mass is 312 g/mol. The summed E-state index contributed by atoms with van der Waals surface area (Å²) in [5.41, 5.74) is 5.49. The summed E-state index contributed by atoms with van der Waals surface area (Å²) in [4.78, 5) is 12.6. The maximum Gasteiger partial charge on any atom is 0.220 e. The lowest BCUT2D eigenvalue weighted by Crippen LogP contribution is -2.57. The molecule has 1 rings (SSSR count). The molecule has 1 saturated carbocycles. The zero-order valence-corrected chi connectivity index (χ0v) is 14.4. The molecule has 0 unspecified atom stereocenters. The number of rotatable bonds is 10. The summed E-state index contributed by atoms with van der Waals surface area (Å²) in [6.45, 7) is 2.23. The topological polar surface area (TPSA) is 55.1 Å². The molecule has 3 N–H and O–H groups in total. The number of unbranched alkanes of at least 4 members (excludes halogenated alkanes) is 6. The second kappa shape index (κ2) is 10.1. The lowest BCUT2D eigenvalue weighted by Gasteiger charge is -2.37. The van der Waals surface area contributed by atoms with Gasteiger partial charge in [-0.05, 0) is 19.3 Å². The van der Waals surface area contributed by atoms with Gasteiger partial charge in [-0.15, -0.1) is 0 Å². The van der Waals surface area contributed by atoms with Crippen LogP contribution in [0.5, 0.6) is 0 Å². The van der Waals surface area contributed by atoms with Gasteiger partial charge >= 0.3 is 0 Å². The SMILES string of the molecule is CCCCCCCCCC(=O)NC1(C(N)=S)CCCCC1. The lowest BCUT2D eigenvalue weighted by atomic mass is 9.81. The Labute approximate surface area is 135 Å². The van der Waals surface area contributed by atoms with Crippen LogP contribution in [0.4, 0.5) is 0 Å². The van der Waals surface area contributed by atoms with E-state index in [0.717, 1.165) is 38.5 Å². The van der Waals surface area contributed by atoms with Crippen LogP contribution in [0.15, 0.2) is 0 Å². The van der Waals surface area contributed by atoms with E-state index in [1.807, 2.05) is 0 Å². The van der Waals surface area contributed by atoms with Crippen LogP contribution >= 0.6 is 12.2 Å². The molecule has 1 aliphatic carbocycles. The molecule has 0 aromatic heterocycles. The highest BCUT2D eigenvalue weighted by Crippen LogP contribution is 2.28. The molecule has 0 spiro atoms. The largest absolute Gasteiger partial charge is 0.391 e. The molecule has 122 valence electrons. The first kappa shape index (κ1) is 18.4. The maximum absolute atomic E-state index is 12.1. The molecule has 21 heavy (non-hydrogen) atoms. The smallest absolute Gasteiger partial charge is 0.220 e. The van der Waals surface area contributed by atoms with E-state index in [-0.39, 0.29) is 5.91 Å². The first-order valence-electron chi connectivity index (χ1n) is 8.71. The van der Waals surface area contributed by atoms with E-state index in [9.17, 15) is 4.79 Å². The molecule has 1 fully saturated rings. The molecule has 0 radical (unpaired) electrons. The van der Waals surface area contributed by atoms with Gasteiger partial charge in [-0.2, -0.15) is 0 Å². The number of hydrogen-bond acceptors (Lipinski definition) is 2. The number of nitrogens with two attached hydrogens (primary N) is 1. The summed E-state index contributed by atoms with van der Waals surface area (Å²) in [6.07, 6.45) is 14.5. The standard InChI is InChI=1S/C17H32N2OS/c1-2-3-4-5-6-7-9-12-15(20)19-17(16(18)21)13-10-8-11-14-17/h2-14H2,1H3,(H2,18,21)(H,19,20). The van der Waals surface area contributed by atoms with Crippen molar-refractivity contribution in [2.75, 3.05) is 0 Å². The molecule has 0 aromatic rings. The van der Waals surface area contributed by atoms with Crippen molar-refractivity contribution in [1.29, 1.82) is 0 Å². The lowest BCUT2D eigenvalue weighted by molar-refractivity contribution is -0.122. The van der Waals surface area contributed by atoms with Gasteiger partial charge in [-0.25, -0.2) is 0 Å². The van der Waals surface area contributed by atoms with Crippen LogP contribution < -0.4 is 11.1 Å². The molecule has 0 saturated heterocycles. The van der Waals surface area contributed by atoms with Crippen LogP contribution in [0.2, 0.25) is 0 Å². The fraction of sp³-hybridized carbons (Fsp3) is 0.882. The number of amides is 1. The molecule has 4 heteroatoms. The molecular weight excluding hydrogens is 280 g/mol. The number of thiocarbonyl (C=S) groups is 1. The third-order valence-corrected chi connectivity index (χ3v) is 4.96. The van der Waals surface area contributed by atoms with Crippen LogP contribution in [-0.2, 0) is 4.79 Å². The van der Waals surface area contributed by atoms with Crippen molar-refractivity contribution in [2.45, 2.75) is 95.9 Å². The van der Waals surface area contributed by atoms with Crippen LogP contribution in [0.3, 0.4) is 0 Å². The highest BCUT2D eigenvalue weighted by atomic mass is 32.1. The van der Waals surface area contributed by atoms with Crippen molar-refractivity contribution in [1.82, 2.24) is 5.32 Å². The Hall–Kier alpha value is -0.640.